The molecule has 0 unspecified atom stereocenters. The maximum Gasteiger partial charge on any atom is 0.330 e. The monoisotopic (exact) mass is 229 g/mol. The number of anilines is 1. The van der Waals surface area contributed by atoms with Gasteiger partial charge in [0.05, 0.1) is 12.8 Å². The number of terminal acetylenes is 1. The molecule has 0 spiro atoms. The van der Waals surface area contributed by atoms with Gasteiger partial charge in [0.25, 0.3) is 0 Å². The number of hydrogen-bond acceptors (Lipinski definition) is 3. The number of amides is 1. The molecule has 0 radical (unpaired) electrons. The van der Waals surface area contributed by atoms with Crippen LogP contribution in [-0.4, -0.2) is 19.0 Å². The quantitative estimate of drug-likeness (QED) is 0.483. The zero-order chi connectivity index (χ0) is 12.7. The largest absolute Gasteiger partial charge is 0.466 e. The van der Waals surface area contributed by atoms with E-state index in [0.29, 0.717) is 11.3 Å². The van der Waals surface area contributed by atoms with Crippen LogP contribution in [0.15, 0.2) is 36.4 Å². The van der Waals surface area contributed by atoms with Crippen LogP contribution in [0.25, 0.3) is 0 Å². The Balaban J connectivity index is 2.72. The molecule has 1 N–H and O–H groups in total. The van der Waals surface area contributed by atoms with Crippen molar-refractivity contribution in [3.8, 4) is 12.3 Å². The van der Waals surface area contributed by atoms with E-state index in [9.17, 15) is 9.59 Å². The lowest BCUT2D eigenvalue weighted by Crippen LogP contribution is -2.10. The highest BCUT2D eigenvalue weighted by Gasteiger charge is 2.02. The number of carbonyl (C=O) groups excluding carboxylic acids is 2. The first-order valence-corrected chi connectivity index (χ1v) is 4.80. The highest BCUT2D eigenvalue weighted by atomic mass is 16.5. The van der Waals surface area contributed by atoms with E-state index in [1.807, 2.05) is 0 Å². The van der Waals surface area contributed by atoms with Crippen LogP contribution in [0, 0.1) is 12.3 Å². The second-order valence-corrected chi connectivity index (χ2v) is 3.04. The van der Waals surface area contributed by atoms with Gasteiger partial charge in [-0.1, -0.05) is 18.1 Å². The van der Waals surface area contributed by atoms with Gasteiger partial charge in [-0.15, -0.1) is 6.42 Å². The molecule has 0 aliphatic rings. The van der Waals surface area contributed by atoms with Crippen LogP contribution in [0.3, 0.4) is 0 Å². The van der Waals surface area contributed by atoms with Crippen molar-refractivity contribution in [3.63, 3.8) is 0 Å². The average molecular weight is 229 g/mol. The molecule has 1 aromatic carbocycles. The van der Waals surface area contributed by atoms with Gasteiger partial charge in [-0.3, -0.25) is 4.79 Å². The fourth-order valence-corrected chi connectivity index (χ4v) is 1.10. The fourth-order valence-electron chi connectivity index (χ4n) is 1.10. The van der Waals surface area contributed by atoms with Crippen LogP contribution in [0.2, 0.25) is 0 Å². The van der Waals surface area contributed by atoms with Gasteiger partial charge in [-0.2, -0.15) is 0 Å². The Hall–Kier alpha value is -2.54. The SMILES string of the molecule is C#Cc1ccccc1NC(=O)/C=C\C(=O)OC. The molecule has 4 nitrogen and oxygen atoms in total. The highest BCUT2D eigenvalue weighted by molar-refractivity contribution is 6.03. The predicted octanol–water partition coefficient (Wildman–Crippen LogP) is 1.34. The Kier molecular flexibility index (Phi) is 4.52. The maximum atomic E-state index is 11.4. The first-order chi connectivity index (χ1) is 8.17. The van der Waals surface area contributed by atoms with Gasteiger partial charge in [0.15, 0.2) is 0 Å². The summed E-state index contributed by atoms with van der Waals surface area (Å²) in [6.07, 6.45) is 7.39. The lowest BCUT2D eigenvalue weighted by molar-refractivity contribution is -0.135. The lowest BCUT2D eigenvalue weighted by Gasteiger charge is -2.04. The van der Waals surface area contributed by atoms with E-state index in [4.69, 9.17) is 6.42 Å². The second-order valence-electron chi connectivity index (χ2n) is 3.04. The molecule has 0 saturated heterocycles. The Bertz CT molecular complexity index is 498. The van der Waals surface area contributed by atoms with E-state index < -0.39 is 11.9 Å². The van der Waals surface area contributed by atoms with Gasteiger partial charge < -0.3 is 10.1 Å². The Morgan fingerprint density at radius 3 is 2.71 bits per heavy atom. The van der Waals surface area contributed by atoms with Crippen molar-refractivity contribution in [1.82, 2.24) is 0 Å². The molecule has 0 aliphatic heterocycles. The normalized spacial score (nSPS) is 9.65. The van der Waals surface area contributed by atoms with Gasteiger partial charge in [0.2, 0.25) is 5.91 Å². The van der Waals surface area contributed by atoms with E-state index in [1.54, 1.807) is 24.3 Å². The number of methoxy groups -OCH3 is 1. The Morgan fingerprint density at radius 1 is 1.35 bits per heavy atom. The van der Waals surface area contributed by atoms with Crippen molar-refractivity contribution >= 4 is 17.6 Å². The van der Waals surface area contributed by atoms with Crippen LogP contribution < -0.4 is 5.32 Å². The molecule has 0 bridgehead atoms. The number of ether oxygens (including phenoxy) is 1. The molecule has 4 heteroatoms. The summed E-state index contributed by atoms with van der Waals surface area (Å²) in [5, 5.41) is 2.56. The number of benzene rings is 1. The van der Waals surface area contributed by atoms with Crippen molar-refractivity contribution in [2.24, 2.45) is 0 Å². The first kappa shape index (κ1) is 12.5. The number of carbonyl (C=O) groups is 2. The van der Waals surface area contributed by atoms with E-state index >= 15 is 0 Å². The number of nitrogens with one attached hydrogen (secondary N) is 1. The third kappa shape index (κ3) is 3.84. The summed E-state index contributed by atoms with van der Waals surface area (Å²) in [6, 6.07) is 6.91. The standard InChI is InChI=1S/C13H11NO3/c1-3-10-6-4-5-7-11(10)14-12(15)8-9-13(16)17-2/h1,4-9H,2H3,(H,14,15)/b9-8-. The molecular weight excluding hydrogens is 218 g/mol. The summed E-state index contributed by atoms with van der Waals surface area (Å²) in [5.41, 5.74) is 1.10. The van der Waals surface area contributed by atoms with Crippen LogP contribution in [0.1, 0.15) is 5.56 Å². The van der Waals surface area contributed by atoms with Crippen molar-refractivity contribution in [2.45, 2.75) is 0 Å². The molecular formula is C13H11NO3. The third-order valence-corrected chi connectivity index (χ3v) is 1.91. The van der Waals surface area contributed by atoms with Crippen LogP contribution in [-0.2, 0) is 14.3 Å². The minimum absolute atomic E-state index is 0.446. The van der Waals surface area contributed by atoms with Crippen LogP contribution in [0.5, 0.6) is 0 Å². The van der Waals surface area contributed by atoms with Gasteiger partial charge >= 0.3 is 5.97 Å². The minimum atomic E-state index is -0.592. The molecule has 0 aliphatic carbocycles. The van der Waals surface area contributed by atoms with Gasteiger partial charge in [0.1, 0.15) is 0 Å². The Morgan fingerprint density at radius 2 is 2.06 bits per heavy atom. The molecule has 86 valence electrons. The maximum absolute atomic E-state index is 11.4. The summed E-state index contributed by atoms with van der Waals surface area (Å²) in [5.74, 6) is 1.41. The smallest absolute Gasteiger partial charge is 0.330 e. The van der Waals surface area contributed by atoms with E-state index in [-0.39, 0.29) is 0 Å². The van der Waals surface area contributed by atoms with Gasteiger partial charge in [-0.05, 0) is 12.1 Å². The van der Waals surface area contributed by atoms with Crippen molar-refractivity contribution in [3.05, 3.63) is 42.0 Å². The summed E-state index contributed by atoms with van der Waals surface area (Å²) in [4.78, 5) is 22.2. The third-order valence-electron chi connectivity index (χ3n) is 1.91. The number of rotatable bonds is 3. The first-order valence-electron chi connectivity index (χ1n) is 4.80. The molecule has 1 aromatic rings. The summed E-state index contributed by atoms with van der Waals surface area (Å²) in [6.45, 7) is 0. The topological polar surface area (TPSA) is 55.4 Å². The number of hydrogen-bond donors (Lipinski definition) is 1. The highest BCUT2D eigenvalue weighted by Crippen LogP contribution is 2.13. The fraction of sp³-hybridized carbons (Fsp3) is 0.0769. The average Bonchev–Trinajstić information content (AvgIpc) is 2.36. The molecule has 0 heterocycles. The van der Waals surface area contributed by atoms with Crippen molar-refractivity contribution < 1.29 is 14.3 Å². The zero-order valence-electron chi connectivity index (χ0n) is 9.27. The summed E-state index contributed by atoms with van der Waals surface area (Å²) < 4.78 is 4.36. The summed E-state index contributed by atoms with van der Waals surface area (Å²) >= 11 is 0. The molecule has 0 saturated carbocycles. The number of esters is 1. The summed E-state index contributed by atoms with van der Waals surface area (Å²) in [7, 11) is 1.23. The molecule has 0 atom stereocenters. The van der Waals surface area contributed by atoms with Gasteiger partial charge in [-0.25, -0.2) is 4.79 Å². The molecule has 0 aromatic heterocycles. The van der Waals surface area contributed by atoms with Gasteiger partial charge in [0, 0.05) is 17.7 Å². The van der Waals surface area contributed by atoms with Crippen LogP contribution in [0.4, 0.5) is 5.69 Å². The van der Waals surface area contributed by atoms with Crippen LogP contribution >= 0.6 is 0 Å². The minimum Gasteiger partial charge on any atom is -0.466 e. The Labute approximate surface area is 99.3 Å². The van der Waals surface area contributed by atoms with E-state index in [1.165, 1.54) is 7.11 Å². The number of para-hydroxylation sites is 1. The van der Waals surface area contributed by atoms with E-state index in [0.717, 1.165) is 12.2 Å². The zero-order valence-corrected chi connectivity index (χ0v) is 9.27. The molecule has 1 rings (SSSR count). The predicted molar refractivity (Wildman–Crippen MR) is 64.2 cm³/mol. The second kappa shape index (κ2) is 6.13. The van der Waals surface area contributed by atoms with Crippen molar-refractivity contribution in [1.29, 1.82) is 0 Å². The molecule has 17 heavy (non-hydrogen) atoms. The van der Waals surface area contributed by atoms with Crippen molar-refractivity contribution in [2.75, 3.05) is 12.4 Å². The molecule has 1 amide bonds. The van der Waals surface area contributed by atoms with E-state index in [2.05, 4.69) is 16.0 Å². The molecule has 0 fully saturated rings. The lowest BCUT2D eigenvalue weighted by atomic mass is 10.2.